The number of nitrogens with zero attached hydrogens (tertiary/aromatic N) is 2. The van der Waals surface area contributed by atoms with Crippen molar-refractivity contribution < 1.29 is 18.7 Å². The summed E-state index contributed by atoms with van der Waals surface area (Å²) >= 11 is 12.1. The van der Waals surface area contributed by atoms with Crippen molar-refractivity contribution in [1.82, 2.24) is 15.1 Å². The highest BCUT2D eigenvalue weighted by Crippen LogP contribution is 2.26. The quantitative estimate of drug-likeness (QED) is 0.560. The molecule has 0 saturated carbocycles. The molecule has 152 valence electrons. The number of nitrogens with one attached hydrogen (secondary N) is 1. The third-order valence-corrected chi connectivity index (χ3v) is 4.74. The summed E-state index contributed by atoms with van der Waals surface area (Å²) in [7, 11) is 0. The Morgan fingerprint density at radius 2 is 2.03 bits per heavy atom. The van der Waals surface area contributed by atoms with E-state index in [9.17, 15) is 9.59 Å². The van der Waals surface area contributed by atoms with Crippen LogP contribution in [0.15, 0.2) is 53.2 Å². The SMILES string of the molecule is CC(OC(=O)c1ccc(Cn2cccn2)o1)C(=O)NC(C)c1ccc(Cl)cc1Cl. The van der Waals surface area contributed by atoms with Crippen LogP contribution in [0.25, 0.3) is 0 Å². The van der Waals surface area contributed by atoms with Crippen molar-refractivity contribution >= 4 is 35.1 Å². The van der Waals surface area contributed by atoms with E-state index in [-0.39, 0.29) is 5.76 Å². The summed E-state index contributed by atoms with van der Waals surface area (Å²) in [6, 6.07) is 9.58. The van der Waals surface area contributed by atoms with Crippen LogP contribution in [-0.4, -0.2) is 27.8 Å². The Bertz CT molecular complexity index is 1000. The summed E-state index contributed by atoms with van der Waals surface area (Å²) in [6.07, 6.45) is 2.41. The summed E-state index contributed by atoms with van der Waals surface area (Å²) in [6.45, 7) is 3.64. The fourth-order valence-electron chi connectivity index (χ4n) is 2.66. The summed E-state index contributed by atoms with van der Waals surface area (Å²) in [4.78, 5) is 24.7. The Balaban J connectivity index is 1.56. The third kappa shape index (κ3) is 5.40. The van der Waals surface area contributed by atoms with Gasteiger partial charge in [-0.25, -0.2) is 4.79 Å². The number of carbonyl (C=O) groups is 2. The van der Waals surface area contributed by atoms with Gasteiger partial charge in [0, 0.05) is 22.4 Å². The van der Waals surface area contributed by atoms with Crippen LogP contribution in [0.3, 0.4) is 0 Å². The van der Waals surface area contributed by atoms with Crippen LogP contribution in [0.1, 0.15) is 41.8 Å². The van der Waals surface area contributed by atoms with Crippen LogP contribution in [0.4, 0.5) is 0 Å². The maximum atomic E-state index is 12.4. The molecule has 0 aliphatic rings. The second kappa shape index (κ2) is 9.15. The molecule has 0 saturated heterocycles. The minimum Gasteiger partial charge on any atom is -0.452 e. The normalized spacial score (nSPS) is 13.0. The molecule has 1 amide bonds. The van der Waals surface area contributed by atoms with Crippen LogP contribution < -0.4 is 5.32 Å². The van der Waals surface area contributed by atoms with E-state index in [2.05, 4.69) is 10.4 Å². The van der Waals surface area contributed by atoms with Gasteiger partial charge in [0.15, 0.2) is 6.10 Å². The van der Waals surface area contributed by atoms with E-state index in [1.165, 1.54) is 13.0 Å². The van der Waals surface area contributed by atoms with Crippen LogP contribution >= 0.6 is 23.2 Å². The summed E-state index contributed by atoms with van der Waals surface area (Å²) in [5.74, 6) is -0.624. The average Bonchev–Trinajstić information content (AvgIpc) is 3.34. The van der Waals surface area contributed by atoms with Crippen LogP contribution in [0.2, 0.25) is 10.0 Å². The van der Waals surface area contributed by atoms with Gasteiger partial charge < -0.3 is 14.5 Å². The minimum absolute atomic E-state index is 0.0144. The molecule has 1 aromatic carbocycles. The van der Waals surface area contributed by atoms with Crippen LogP contribution in [0.5, 0.6) is 0 Å². The Labute approximate surface area is 177 Å². The van der Waals surface area contributed by atoms with Crippen molar-refractivity contribution in [2.45, 2.75) is 32.5 Å². The first-order chi connectivity index (χ1) is 13.8. The lowest BCUT2D eigenvalue weighted by Crippen LogP contribution is -2.37. The van der Waals surface area contributed by atoms with Gasteiger partial charge >= 0.3 is 5.97 Å². The van der Waals surface area contributed by atoms with Gasteiger partial charge in [-0.15, -0.1) is 0 Å². The van der Waals surface area contributed by atoms with Gasteiger partial charge in [0.1, 0.15) is 5.76 Å². The Morgan fingerprint density at radius 3 is 2.72 bits per heavy atom. The fraction of sp³-hybridized carbons (Fsp3) is 0.250. The molecule has 0 radical (unpaired) electrons. The maximum absolute atomic E-state index is 12.4. The van der Waals surface area contributed by atoms with Crippen LogP contribution in [0, 0.1) is 0 Å². The number of esters is 1. The number of benzene rings is 1. The molecule has 0 bridgehead atoms. The third-order valence-electron chi connectivity index (χ3n) is 4.18. The maximum Gasteiger partial charge on any atom is 0.375 e. The van der Waals surface area contributed by atoms with Crippen molar-refractivity contribution in [3.05, 3.63) is 75.9 Å². The van der Waals surface area contributed by atoms with Crippen LogP contribution in [-0.2, 0) is 16.1 Å². The second-order valence-electron chi connectivity index (χ2n) is 6.41. The number of amides is 1. The average molecular weight is 436 g/mol. The zero-order valence-electron chi connectivity index (χ0n) is 15.8. The minimum atomic E-state index is -1.02. The number of halogens is 2. The molecule has 9 heteroatoms. The molecule has 0 spiro atoms. The van der Waals surface area contributed by atoms with Crippen molar-refractivity contribution in [2.75, 3.05) is 0 Å². The molecule has 2 aromatic heterocycles. The number of hydrogen-bond acceptors (Lipinski definition) is 5. The second-order valence-corrected chi connectivity index (χ2v) is 7.26. The van der Waals surface area contributed by atoms with Gasteiger partial charge in [-0.05, 0) is 49.7 Å². The highest BCUT2D eigenvalue weighted by molar-refractivity contribution is 6.35. The Kier molecular flexibility index (Phi) is 6.61. The molecule has 2 atom stereocenters. The van der Waals surface area contributed by atoms with E-state index in [0.29, 0.717) is 27.9 Å². The number of rotatable bonds is 7. The highest BCUT2D eigenvalue weighted by atomic mass is 35.5. The van der Waals surface area contributed by atoms with E-state index in [4.69, 9.17) is 32.4 Å². The lowest BCUT2D eigenvalue weighted by molar-refractivity contribution is -0.129. The van der Waals surface area contributed by atoms with E-state index in [1.807, 2.05) is 0 Å². The first-order valence-corrected chi connectivity index (χ1v) is 9.61. The van der Waals surface area contributed by atoms with Crippen molar-refractivity contribution in [1.29, 1.82) is 0 Å². The number of aromatic nitrogens is 2. The predicted octanol–water partition coefficient (Wildman–Crippen LogP) is 4.25. The van der Waals surface area contributed by atoms with Crippen molar-refractivity contribution in [2.24, 2.45) is 0 Å². The molecule has 3 aromatic rings. The zero-order valence-corrected chi connectivity index (χ0v) is 17.3. The standard InChI is InChI=1S/C20H19Cl2N3O4/c1-12(16-6-4-14(21)10-17(16)22)24-19(26)13(2)28-20(27)18-7-5-15(29-18)11-25-9-3-8-23-25/h3-10,12-13H,11H2,1-2H3,(H,24,26). The van der Waals surface area contributed by atoms with Gasteiger partial charge in [-0.3, -0.25) is 9.48 Å². The van der Waals surface area contributed by atoms with Gasteiger partial charge in [0.2, 0.25) is 5.76 Å². The number of hydrogen-bond donors (Lipinski definition) is 1. The largest absolute Gasteiger partial charge is 0.452 e. The summed E-state index contributed by atoms with van der Waals surface area (Å²) in [5, 5.41) is 7.78. The van der Waals surface area contributed by atoms with E-state index >= 15 is 0 Å². The number of ether oxygens (including phenoxy) is 1. The van der Waals surface area contributed by atoms with Gasteiger partial charge in [0.05, 0.1) is 12.6 Å². The Morgan fingerprint density at radius 1 is 1.24 bits per heavy atom. The fourth-order valence-corrected chi connectivity index (χ4v) is 3.23. The predicted molar refractivity (Wildman–Crippen MR) is 108 cm³/mol. The van der Waals surface area contributed by atoms with Gasteiger partial charge in [-0.1, -0.05) is 29.3 Å². The molecular formula is C20H19Cl2N3O4. The lowest BCUT2D eigenvalue weighted by Gasteiger charge is -2.19. The van der Waals surface area contributed by atoms with Gasteiger partial charge in [0.25, 0.3) is 5.91 Å². The lowest BCUT2D eigenvalue weighted by atomic mass is 10.1. The van der Waals surface area contributed by atoms with E-state index < -0.39 is 24.0 Å². The summed E-state index contributed by atoms with van der Waals surface area (Å²) in [5.41, 5.74) is 0.706. The summed E-state index contributed by atoms with van der Waals surface area (Å²) < 4.78 is 12.4. The molecule has 0 aliphatic carbocycles. The molecule has 3 rings (SSSR count). The van der Waals surface area contributed by atoms with E-state index in [1.54, 1.807) is 54.3 Å². The molecule has 2 unspecified atom stereocenters. The monoisotopic (exact) mass is 435 g/mol. The topological polar surface area (TPSA) is 86.4 Å². The molecule has 1 N–H and O–H groups in total. The number of carbonyl (C=O) groups excluding carboxylic acids is 2. The molecule has 0 aliphatic heterocycles. The molecule has 29 heavy (non-hydrogen) atoms. The first-order valence-electron chi connectivity index (χ1n) is 8.86. The van der Waals surface area contributed by atoms with Crippen molar-refractivity contribution in [3.63, 3.8) is 0 Å². The van der Waals surface area contributed by atoms with Gasteiger partial charge in [-0.2, -0.15) is 5.10 Å². The smallest absolute Gasteiger partial charge is 0.375 e. The zero-order chi connectivity index (χ0) is 21.0. The number of furan rings is 1. The first kappa shape index (κ1) is 21.0. The molecule has 0 fully saturated rings. The van der Waals surface area contributed by atoms with E-state index in [0.717, 1.165) is 0 Å². The Hall–Kier alpha value is -2.77. The molecule has 7 nitrogen and oxygen atoms in total. The van der Waals surface area contributed by atoms with Crippen molar-refractivity contribution in [3.8, 4) is 0 Å². The molecular weight excluding hydrogens is 417 g/mol. The molecule has 2 heterocycles. The highest BCUT2D eigenvalue weighted by Gasteiger charge is 2.23.